The number of benzene rings is 2. The van der Waals surface area contributed by atoms with Crippen LogP contribution in [0.1, 0.15) is 25.0 Å². The number of hydrogen-bond donors (Lipinski definition) is 0. The maximum absolute atomic E-state index is 12.3. The summed E-state index contributed by atoms with van der Waals surface area (Å²) in [4.78, 5) is 24.6. The first-order valence-corrected chi connectivity index (χ1v) is 8.30. The minimum Gasteiger partial charge on any atom is -0.291 e. The van der Waals surface area contributed by atoms with Crippen molar-refractivity contribution in [2.24, 2.45) is 10.2 Å². The molecule has 1 aliphatic heterocycles. The molecule has 1 aliphatic rings. The Balaban J connectivity index is 2.20. The predicted octanol–water partition coefficient (Wildman–Crippen LogP) is 3.44. The van der Waals surface area contributed by atoms with Crippen LogP contribution in [0.3, 0.4) is 0 Å². The number of aryl methyl sites for hydroxylation is 2. The van der Waals surface area contributed by atoms with E-state index in [1.54, 1.807) is 0 Å². The van der Waals surface area contributed by atoms with Gasteiger partial charge in [0.15, 0.2) is 11.6 Å². The van der Waals surface area contributed by atoms with Crippen molar-refractivity contribution >= 4 is 34.6 Å². The van der Waals surface area contributed by atoms with Crippen molar-refractivity contribution in [1.29, 1.82) is 0 Å². The van der Waals surface area contributed by atoms with E-state index >= 15 is 0 Å². The Labute approximate surface area is 152 Å². The van der Waals surface area contributed by atoms with Crippen molar-refractivity contribution in [3.63, 3.8) is 0 Å². The molecule has 0 aliphatic carbocycles. The van der Waals surface area contributed by atoms with E-state index in [1.165, 1.54) is 23.9 Å². The van der Waals surface area contributed by atoms with Crippen LogP contribution in [0, 0.1) is 13.8 Å². The average molecular weight is 348 g/mol. The SMILES string of the molecule is CC(=O)C1=NN(c2ccccc2C)C(C(C)=O)=NN1c1ccccc1C. The van der Waals surface area contributed by atoms with Crippen molar-refractivity contribution in [3.8, 4) is 0 Å². The van der Waals surface area contributed by atoms with Crippen LogP contribution in [0.4, 0.5) is 11.4 Å². The maximum atomic E-state index is 12.3. The summed E-state index contributed by atoms with van der Waals surface area (Å²) in [5.74, 6) is -0.156. The molecular weight excluding hydrogens is 328 g/mol. The van der Waals surface area contributed by atoms with Crippen LogP contribution < -0.4 is 10.0 Å². The van der Waals surface area contributed by atoms with E-state index in [0.717, 1.165) is 11.1 Å². The monoisotopic (exact) mass is 348 g/mol. The number of hydrazone groups is 2. The van der Waals surface area contributed by atoms with Crippen molar-refractivity contribution in [2.75, 3.05) is 10.0 Å². The van der Waals surface area contributed by atoms with Crippen LogP contribution in [0.5, 0.6) is 0 Å². The maximum Gasteiger partial charge on any atom is 0.217 e. The molecule has 0 unspecified atom stereocenters. The predicted molar refractivity (Wildman–Crippen MR) is 104 cm³/mol. The second kappa shape index (κ2) is 6.92. The van der Waals surface area contributed by atoms with Crippen LogP contribution in [0.15, 0.2) is 58.7 Å². The first kappa shape index (κ1) is 17.5. The number of Topliss-reactive ketones (excluding diaryl/α,β-unsaturated/α-hetero) is 2. The molecule has 6 nitrogen and oxygen atoms in total. The van der Waals surface area contributed by atoms with Gasteiger partial charge in [0.2, 0.25) is 11.7 Å². The summed E-state index contributed by atoms with van der Waals surface area (Å²) in [6, 6.07) is 15.1. The molecule has 2 aromatic rings. The first-order chi connectivity index (χ1) is 12.4. The number of carbonyl (C=O) groups is 2. The van der Waals surface area contributed by atoms with Gasteiger partial charge in [0.25, 0.3) is 0 Å². The second-order valence-electron chi connectivity index (χ2n) is 6.16. The van der Waals surface area contributed by atoms with E-state index in [0.29, 0.717) is 11.4 Å². The summed E-state index contributed by atoms with van der Waals surface area (Å²) in [5, 5.41) is 11.9. The molecule has 1 heterocycles. The molecule has 0 saturated carbocycles. The zero-order chi connectivity index (χ0) is 18.8. The first-order valence-electron chi connectivity index (χ1n) is 8.30. The lowest BCUT2D eigenvalue weighted by Gasteiger charge is -2.31. The smallest absolute Gasteiger partial charge is 0.217 e. The number of amidine groups is 2. The van der Waals surface area contributed by atoms with Gasteiger partial charge in [0.05, 0.1) is 11.4 Å². The van der Waals surface area contributed by atoms with Crippen LogP contribution >= 0.6 is 0 Å². The fourth-order valence-corrected chi connectivity index (χ4v) is 2.75. The largest absolute Gasteiger partial charge is 0.291 e. The highest BCUT2D eigenvalue weighted by Gasteiger charge is 2.31. The Bertz CT molecular complexity index is 869. The molecule has 2 aromatic carbocycles. The molecule has 26 heavy (non-hydrogen) atoms. The van der Waals surface area contributed by atoms with Gasteiger partial charge in [-0.1, -0.05) is 36.4 Å². The number of para-hydroxylation sites is 2. The molecule has 3 rings (SSSR count). The molecule has 0 atom stereocenters. The normalized spacial score (nSPS) is 14.0. The minimum atomic E-state index is -0.238. The summed E-state index contributed by atoms with van der Waals surface area (Å²) < 4.78 is 0. The number of nitrogens with zero attached hydrogens (tertiary/aromatic N) is 4. The van der Waals surface area contributed by atoms with E-state index in [2.05, 4.69) is 10.2 Å². The number of ketones is 2. The van der Waals surface area contributed by atoms with Crippen molar-refractivity contribution in [1.82, 2.24) is 0 Å². The molecule has 0 aromatic heterocycles. The van der Waals surface area contributed by atoms with Gasteiger partial charge in [-0.3, -0.25) is 9.59 Å². The standard InChI is InChI=1S/C20H20N4O2/c1-13-9-5-7-11-17(13)23-19(15(3)25)22-24(20(21-23)16(4)26)18-12-8-6-10-14(18)2/h5-12H,1-4H3. The molecule has 6 heteroatoms. The lowest BCUT2D eigenvalue weighted by Crippen LogP contribution is -2.45. The summed E-state index contributed by atoms with van der Waals surface area (Å²) in [5.41, 5.74) is 3.28. The molecule has 0 amide bonds. The van der Waals surface area contributed by atoms with Gasteiger partial charge in [-0.05, 0) is 37.1 Å². The minimum absolute atomic E-state index is 0.160. The average Bonchev–Trinajstić information content (AvgIpc) is 2.61. The summed E-state index contributed by atoms with van der Waals surface area (Å²) in [6.45, 7) is 6.72. The molecule has 0 saturated heterocycles. The van der Waals surface area contributed by atoms with Gasteiger partial charge in [0, 0.05) is 13.8 Å². The third-order valence-corrected chi connectivity index (χ3v) is 4.11. The number of carbonyl (C=O) groups excluding carboxylic acids is 2. The highest BCUT2D eigenvalue weighted by molar-refractivity contribution is 6.49. The number of anilines is 2. The number of hydrogen-bond acceptors (Lipinski definition) is 6. The fourth-order valence-electron chi connectivity index (χ4n) is 2.75. The molecule has 0 N–H and O–H groups in total. The van der Waals surface area contributed by atoms with Gasteiger partial charge >= 0.3 is 0 Å². The van der Waals surface area contributed by atoms with Crippen LogP contribution in [0.2, 0.25) is 0 Å². The summed E-state index contributed by atoms with van der Waals surface area (Å²) >= 11 is 0. The van der Waals surface area contributed by atoms with Crippen molar-refractivity contribution in [2.45, 2.75) is 27.7 Å². The van der Waals surface area contributed by atoms with E-state index in [1.807, 2.05) is 62.4 Å². The van der Waals surface area contributed by atoms with Gasteiger partial charge in [0.1, 0.15) is 0 Å². The van der Waals surface area contributed by atoms with Crippen LogP contribution in [-0.4, -0.2) is 23.2 Å². The van der Waals surface area contributed by atoms with Gasteiger partial charge in [-0.15, -0.1) is 10.2 Å². The third kappa shape index (κ3) is 3.13. The zero-order valence-electron chi connectivity index (χ0n) is 15.2. The topological polar surface area (TPSA) is 65.3 Å². The Kier molecular flexibility index (Phi) is 4.67. The van der Waals surface area contributed by atoms with E-state index < -0.39 is 0 Å². The van der Waals surface area contributed by atoms with Crippen molar-refractivity contribution in [3.05, 3.63) is 59.7 Å². The zero-order valence-corrected chi connectivity index (χ0v) is 15.2. The quantitative estimate of drug-likeness (QED) is 0.849. The Morgan fingerprint density at radius 2 is 1.04 bits per heavy atom. The third-order valence-electron chi connectivity index (χ3n) is 4.11. The lowest BCUT2D eigenvalue weighted by atomic mass is 10.1. The Morgan fingerprint density at radius 1 is 0.692 bits per heavy atom. The van der Waals surface area contributed by atoms with Gasteiger partial charge in [-0.2, -0.15) is 0 Å². The summed E-state index contributed by atoms with van der Waals surface area (Å²) in [7, 11) is 0. The molecule has 0 radical (unpaired) electrons. The Morgan fingerprint density at radius 3 is 1.35 bits per heavy atom. The van der Waals surface area contributed by atoms with Crippen LogP contribution in [0.25, 0.3) is 0 Å². The molecule has 132 valence electrons. The molecular formula is C20H20N4O2. The van der Waals surface area contributed by atoms with Crippen LogP contribution in [-0.2, 0) is 9.59 Å². The molecule has 0 bridgehead atoms. The molecule has 0 spiro atoms. The van der Waals surface area contributed by atoms with E-state index in [9.17, 15) is 9.59 Å². The lowest BCUT2D eigenvalue weighted by molar-refractivity contribution is -0.112. The summed E-state index contributed by atoms with van der Waals surface area (Å²) in [6.07, 6.45) is 0. The van der Waals surface area contributed by atoms with E-state index in [4.69, 9.17) is 0 Å². The van der Waals surface area contributed by atoms with Crippen molar-refractivity contribution < 1.29 is 9.59 Å². The highest BCUT2D eigenvalue weighted by atomic mass is 16.1. The number of rotatable bonds is 4. The Hall–Kier alpha value is -3.28. The van der Waals surface area contributed by atoms with E-state index in [-0.39, 0.29) is 23.2 Å². The fraction of sp³-hybridized carbons (Fsp3) is 0.200. The molecule has 0 fully saturated rings. The van der Waals surface area contributed by atoms with Gasteiger partial charge in [-0.25, -0.2) is 10.0 Å². The van der Waals surface area contributed by atoms with Gasteiger partial charge < -0.3 is 0 Å². The highest BCUT2D eigenvalue weighted by Crippen LogP contribution is 2.27. The second-order valence-corrected chi connectivity index (χ2v) is 6.16.